The molecule has 0 unspecified atom stereocenters. The Labute approximate surface area is 112 Å². The first-order chi connectivity index (χ1) is 8.34. The van der Waals surface area contributed by atoms with Crippen LogP contribution in [-0.4, -0.2) is 41.3 Å². The molecule has 1 aromatic carbocycles. The first kappa shape index (κ1) is 15.2. The normalized spacial score (nSPS) is 11.8. The molecule has 7 heteroatoms. The molecule has 102 valence electrons. The SMILES string of the molecule is COCOc1ccc(S(=O)(=O)Cl)cc1CN(C)C. The van der Waals surface area contributed by atoms with E-state index in [1.165, 1.54) is 19.2 Å². The third-order valence-corrected chi connectivity index (χ3v) is 3.48. The maximum absolute atomic E-state index is 11.3. The van der Waals surface area contributed by atoms with Gasteiger partial charge in [-0.2, -0.15) is 0 Å². The fraction of sp³-hybridized carbons (Fsp3) is 0.455. The Kier molecular flexibility index (Phi) is 5.40. The predicted molar refractivity (Wildman–Crippen MR) is 69.4 cm³/mol. The lowest BCUT2D eigenvalue weighted by molar-refractivity contribution is 0.0500. The molecule has 0 heterocycles. The summed E-state index contributed by atoms with van der Waals surface area (Å²) in [7, 11) is 6.86. The van der Waals surface area contributed by atoms with Crippen molar-refractivity contribution in [3.05, 3.63) is 23.8 Å². The topological polar surface area (TPSA) is 55.8 Å². The van der Waals surface area contributed by atoms with Gasteiger partial charge in [-0.1, -0.05) is 0 Å². The molecule has 5 nitrogen and oxygen atoms in total. The van der Waals surface area contributed by atoms with E-state index in [9.17, 15) is 8.42 Å². The number of hydrogen-bond acceptors (Lipinski definition) is 5. The van der Waals surface area contributed by atoms with Crippen LogP contribution in [-0.2, 0) is 20.3 Å². The lowest BCUT2D eigenvalue weighted by Crippen LogP contribution is -2.13. The van der Waals surface area contributed by atoms with Gasteiger partial charge in [0, 0.05) is 29.9 Å². The predicted octanol–water partition coefficient (Wildman–Crippen LogP) is 1.66. The quantitative estimate of drug-likeness (QED) is 0.590. The molecule has 0 aliphatic carbocycles. The first-order valence-corrected chi connectivity index (χ1v) is 7.49. The van der Waals surface area contributed by atoms with Crippen LogP contribution in [0.3, 0.4) is 0 Å². The highest BCUT2D eigenvalue weighted by molar-refractivity contribution is 8.13. The van der Waals surface area contributed by atoms with E-state index in [0.717, 1.165) is 5.56 Å². The van der Waals surface area contributed by atoms with E-state index >= 15 is 0 Å². The summed E-state index contributed by atoms with van der Waals surface area (Å²) in [6, 6.07) is 4.49. The van der Waals surface area contributed by atoms with Crippen LogP contribution in [0.1, 0.15) is 5.56 Å². The summed E-state index contributed by atoms with van der Waals surface area (Å²) >= 11 is 0. The highest BCUT2D eigenvalue weighted by atomic mass is 35.7. The van der Waals surface area contributed by atoms with Crippen LogP contribution in [0.4, 0.5) is 0 Å². The molecule has 0 saturated heterocycles. The summed E-state index contributed by atoms with van der Waals surface area (Å²) in [4.78, 5) is 1.96. The van der Waals surface area contributed by atoms with Gasteiger partial charge in [0.25, 0.3) is 9.05 Å². The Hall–Kier alpha value is -0.820. The first-order valence-electron chi connectivity index (χ1n) is 5.18. The summed E-state index contributed by atoms with van der Waals surface area (Å²) in [6.45, 7) is 0.646. The van der Waals surface area contributed by atoms with Crippen LogP contribution in [0.25, 0.3) is 0 Å². The van der Waals surface area contributed by atoms with Gasteiger partial charge < -0.3 is 14.4 Å². The summed E-state index contributed by atoms with van der Waals surface area (Å²) < 4.78 is 32.8. The highest BCUT2D eigenvalue weighted by Crippen LogP contribution is 2.25. The fourth-order valence-corrected chi connectivity index (χ4v) is 2.24. The Balaban J connectivity index is 3.12. The zero-order valence-corrected chi connectivity index (χ0v) is 12.1. The molecule has 0 atom stereocenters. The molecular formula is C11H16ClNO4S. The number of nitrogens with zero attached hydrogens (tertiary/aromatic N) is 1. The summed E-state index contributed by atoms with van der Waals surface area (Å²) in [5.74, 6) is 0.578. The van der Waals surface area contributed by atoms with Gasteiger partial charge in [0.15, 0.2) is 6.79 Å². The zero-order valence-electron chi connectivity index (χ0n) is 10.5. The van der Waals surface area contributed by atoms with Gasteiger partial charge in [-0.05, 0) is 32.3 Å². The molecule has 1 rings (SSSR count). The summed E-state index contributed by atoms with van der Waals surface area (Å²) in [5.41, 5.74) is 0.735. The molecule has 0 saturated carbocycles. The second-order valence-electron chi connectivity index (χ2n) is 4.00. The Bertz CT molecular complexity index is 502. The van der Waals surface area contributed by atoms with E-state index < -0.39 is 9.05 Å². The van der Waals surface area contributed by atoms with Gasteiger partial charge >= 0.3 is 0 Å². The van der Waals surface area contributed by atoms with E-state index in [1.807, 2.05) is 19.0 Å². The maximum Gasteiger partial charge on any atom is 0.261 e. The molecule has 0 fully saturated rings. The summed E-state index contributed by atoms with van der Waals surface area (Å²) in [6.07, 6.45) is 0. The van der Waals surface area contributed by atoms with Gasteiger partial charge in [-0.25, -0.2) is 8.42 Å². The van der Waals surface area contributed by atoms with Crippen molar-refractivity contribution in [2.24, 2.45) is 0 Å². The smallest absolute Gasteiger partial charge is 0.261 e. The highest BCUT2D eigenvalue weighted by Gasteiger charge is 2.14. The molecule has 0 N–H and O–H groups in total. The number of rotatable bonds is 6. The van der Waals surface area contributed by atoms with Gasteiger partial charge in [-0.3, -0.25) is 0 Å². The van der Waals surface area contributed by atoms with Crippen LogP contribution in [0.2, 0.25) is 0 Å². The minimum atomic E-state index is -3.73. The minimum Gasteiger partial charge on any atom is -0.467 e. The van der Waals surface area contributed by atoms with Crippen molar-refractivity contribution in [1.82, 2.24) is 4.90 Å². The maximum atomic E-state index is 11.3. The van der Waals surface area contributed by atoms with Gasteiger partial charge in [0.2, 0.25) is 0 Å². The third-order valence-electron chi connectivity index (χ3n) is 2.13. The number of hydrogen-bond donors (Lipinski definition) is 0. The average molecular weight is 294 g/mol. The van der Waals surface area contributed by atoms with E-state index in [1.54, 1.807) is 6.07 Å². The minimum absolute atomic E-state index is 0.0609. The van der Waals surface area contributed by atoms with Crippen molar-refractivity contribution in [2.45, 2.75) is 11.4 Å². The van der Waals surface area contributed by atoms with Crippen molar-refractivity contribution in [2.75, 3.05) is 28.0 Å². The second kappa shape index (κ2) is 6.38. The van der Waals surface area contributed by atoms with E-state index in [2.05, 4.69) is 0 Å². The van der Waals surface area contributed by atoms with E-state index in [0.29, 0.717) is 12.3 Å². The van der Waals surface area contributed by atoms with Crippen molar-refractivity contribution >= 4 is 19.7 Å². The summed E-state index contributed by atoms with van der Waals surface area (Å²) in [5, 5.41) is 0. The lowest BCUT2D eigenvalue weighted by Gasteiger charge is -2.15. The van der Waals surface area contributed by atoms with Gasteiger partial charge in [0.05, 0.1) is 4.90 Å². The second-order valence-corrected chi connectivity index (χ2v) is 6.56. The van der Waals surface area contributed by atoms with Gasteiger partial charge in [-0.15, -0.1) is 0 Å². The average Bonchev–Trinajstić information content (AvgIpc) is 2.25. The molecule has 1 aromatic rings. The fourth-order valence-electron chi connectivity index (χ4n) is 1.43. The molecule has 0 aliphatic rings. The van der Waals surface area contributed by atoms with Crippen molar-refractivity contribution < 1.29 is 17.9 Å². The lowest BCUT2D eigenvalue weighted by atomic mass is 10.2. The van der Waals surface area contributed by atoms with Crippen LogP contribution in [0, 0.1) is 0 Å². The van der Waals surface area contributed by atoms with Crippen LogP contribution >= 0.6 is 10.7 Å². The molecule has 18 heavy (non-hydrogen) atoms. The number of ether oxygens (including phenoxy) is 2. The standard InChI is InChI=1S/C11H16ClNO4S/c1-13(2)7-9-6-10(18(12,14)15)4-5-11(9)17-8-16-3/h4-6H,7-8H2,1-3H3. The van der Waals surface area contributed by atoms with Crippen molar-refractivity contribution in [3.8, 4) is 5.75 Å². The molecular weight excluding hydrogens is 278 g/mol. The van der Waals surface area contributed by atoms with Crippen molar-refractivity contribution in [1.29, 1.82) is 0 Å². The van der Waals surface area contributed by atoms with Crippen molar-refractivity contribution in [3.63, 3.8) is 0 Å². The molecule has 0 radical (unpaired) electrons. The number of methoxy groups -OCH3 is 1. The molecule has 0 aromatic heterocycles. The molecule has 0 bridgehead atoms. The Morgan fingerprint density at radius 3 is 2.50 bits per heavy atom. The van der Waals surface area contributed by atoms with Gasteiger partial charge in [0.1, 0.15) is 5.75 Å². The van der Waals surface area contributed by atoms with Crippen LogP contribution in [0.15, 0.2) is 23.1 Å². The third kappa shape index (κ3) is 4.45. The Morgan fingerprint density at radius 2 is 2.00 bits per heavy atom. The molecule has 0 spiro atoms. The van der Waals surface area contributed by atoms with Crippen LogP contribution < -0.4 is 4.74 Å². The number of halogens is 1. The molecule has 0 amide bonds. The van der Waals surface area contributed by atoms with E-state index in [-0.39, 0.29) is 11.7 Å². The zero-order chi connectivity index (χ0) is 13.8. The monoisotopic (exact) mass is 293 g/mol. The van der Waals surface area contributed by atoms with E-state index in [4.69, 9.17) is 20.2 Å². The van der Waals surface area contributed by atoms with Crippen LogP contribution in [0.5, 0.6) is 5.75 Å². The molecule has 0 aliphatic heterocycles. The Morgan fingerprint density at radius 1 is 1.33 bits per heavy atom. The number of benzene rings is 1. The largest absolute Gasteiger partial charge is 0.467 e.